The standard InChI is InChI=1S/C17H19ClN2O4S/c1-12-6-5-7-14(10-12)19(2)17(21)13-8-9-15(18)16(11-13)25(22,23)20(3)24-4/h5-11H,1-4H3. The molecule has 6 nitrogen and oxygen atoms in total. The largest absolute Gasteiger partial charge is 0.311 e. The number of carbonyl (C=O) groups excluding carboxylic acids is 1. The molecule has 0 spiro atoms. The van der Waals surface area contributed by atoms with Crippen LogP contribution in [0.4, 0.5) is 5.69 Å². The molecule has 0 aliphatic heterocycles. The molecule has 0 heterocycles. The van der Waals surface area contributed by atoms with E-state index in [-0.39, 0.29) is 21.4 Å². The Hall–Kier alpha value is -1.93. The highest BCUT2D eigenvalue weighted by Gasteiger charge is 2.26. The van der Waals surface area contributed by atoms with E-state index in [0.717, 1.165) is 5.56 Å². The molecule has 0 radical (unpaired) electrons. The second kappa shape index (κ2) is 7.53. The number of carbonyl (C=O) groups is 1. The molecule has 0 aliphatic carbocycles. The maximum Gasteiger partial charge on any atom is 0.266 e. The number of nitrogens with zero attached hydrogens (tertiary/aromatic N) is 2. The molecule has 0 N–H and O–H groups in total. The number of hydrogen-bond donors (Lipinski definition) is 0. The first-order valence-corrected chi connectivity index (χ1v) is 9.17. The van der Waals surface area contributed by atoms with Gasteiger partial charge in [-0.15, -0.1) is 0 Å². The Morgan fingerprint density at radius 1 is 1.12 bits per heavy atom. The van der Waals surface area contributed by atoms with Crippen LogP contribution < -0.4 is 4.90 Å². The van der Waals surface area contributed by atoms with Crippen LogP contribution in [0.1, 0.15) is 15.9 Å². The van der Waals surface area contributed by atoms with Gasteiger partial charge in [0.25, 0.3) is 15.9 Å². The van der Waals surface area contributed by atoms with Crippen LogP contribution >= 0.6 is 11.6 Å². The monoisotopic (exact) mass is 382 g/mol. The van der Waals surface area contributed by atoms with E-state index in [2.05, 4.69) is 0 Å². The van der Waals surface area contributed by atoms with Gasteiger partial charge in [-0.2, -0.15) is 0 Å². The van der Waals surface area contributed by atoms with Crippen molar-refractivity contribution in [3.63, 3.8) is 0 Å². The van der Waals surface area contributed by atoms with Crippen LogP contribution in [0.3, 0.4) is 0 Å². The lowest BCUT2D eigenvalue weighted by atomic mass is 10.1. The van der Waals surface area contributed by atoms with Gasteiger partial charge in [-0.3, -0.25) is 9.63 Å². The molecule has 134 valence electrons. The van der Waals surface area contributed by atoms with E-state index >= 15 is 0 Å². The molecule has 0 saturated carbocycles. The zero-order valence-electron chi connectivity index (χ0n) is 14.4. The quantitative estimate of drug-likeness (QED) is 0.745. The zero-order chi connectivity index (χ0) is 18.8. The van der Waals surface area contributed by atoms with Gasteiger partial charge in [0, 0.05) is 25.3 Å². The first kappa shape index (κ1) is 19.4. The highest BCUT2D eigenvalue weighted by atomic mass is 35.5. The molecule has 2 rings (SSSR count). The van der Waals surface area contributed by atoms with Crippen molar-refractivity contribution in [3.8, 4) is 0 Å². The molecule has 2 aromatic rings. The van der Waals surface area contributed by atoms with Crippen LogP contribution in [-0.2, 0) is 14.9 Å². The molecule has 8 heteroatoms. The molecule has 0 aliphatic rings. The fourth-order valence-electron chi connectivity index (χ4n) is 2.22. The number of aryl methyl sites for hydroxylation is 1. The molecule has 0 atom stereocenters. The highest BCUT2D eigenvalue weighted by Crippen LogP contribution is 2.26. The Morgan fingerprint density at radius 3 is 2.40 bits per heavy atom. The maximum atomic E-state index is 12.7. The van der Waals surface area contributed by atoms with E-state index in [4.69, 9.17) is 16.4 Å². The van der Waals surface area contributed by atoms with Crippen molar-refractivity contribution in [2.75, 3.05) is 26.1 Å². The minimum atomic E-state index is -3.96. The number of halogens is 1. The van der Waals surface area contributed by atoms with E-state index in [1.165, 1.54) is 37.3 Å². The van der Waals surface area contributed by atoms with Gasteiger partial charge in [-0.05, 0) is 42.8 Å². The third-order valence-corrected chi connectivity index (χ3v) is 5.91. The molecular weight excluding hydrogens is 364 g/mol. The Balaban J connectivity index is 2.44. The fraction of sp³-hybridized carbons (Fsp3) is 0.235. The summed E-state index contributed by atoms with van der Waals surface area (Å²) >= 11 is 6.02. The van der Waals surface area contributed by atoms with Crippen molar-refractivity contribution in [1.82, 2.24) is 4.47 Å². The molecule has 0 aromatic heterocycles. The maximum absolute atomic E-state index is 12.7. The molecule has 25 heavy (non-hydrogen) atoms. The Morgan fingerprint density at radius 2 is 1.80 bits per heavy atom. The van der Waals surface area contributed by atoms with Crippen LogP contribution in [-0.4, -0.2) is 40.0 Å². The fourth-order valence-corrected chi connectivity index (χ4v) is 3.69. The average Bonchev–Trinajstić information content (AvgIpc) is 2.59. The first-order chi connectivity index (χ1) is 11.7. The van der Waals surface area contributed by atoms with Crippen molar-refractivity contribution in [2.24, 2.45) is 0 Å². The topological polar surface area (TPSA) is 66.9 Å². The summed E-state index contributed by atoms with van der Waals surface area (Å²) in [6.45, 7) is 1.93. The third-order valence-electron chi connectivity index (χ3n) is 3.75. The first-order valence-electron chi connectivity index (χ1n) is 7.36. The highest BCUT2D eigenvalue weighted by molar-refractivity contribution is 7.89. The Bertz CT molecular complexity index is 899. The molecule has 0 bridgehead atoms. The van der Waals surface area contributed by atoms with Crippen molar-refractivity contribution >= 4 is 33.2 Å². The number of benzene rings is 2. The van der Waals surface area contributed by atoms with E-state index in [1.54, 1.807) is 13.1 Å². The lowest BCUT2D eigenvalue weighted by Crippen LogP contribution is -2.28. The van der Waals surface area contributed by atoms with Crippen molar-refractivity contribution in [1.29, 1.82) is 0 Å². The third kappa shape index (κ3) is 4.01. The molecule has 2 aromatic carbocycles. The second-order valence-electron chi connectivity index (χ2n) is 5.45. The van der Waals surface area contributed by atoms with Crippen molar-refractivity contribution in [3.05, 3.63) is 58.6 Å². The summed E-state index contributed by atoms with van der Waals surface area (Å²) in [5.74, 6) is -0.348. The van der Waals surface area contributed by atoms with Gasteiger partial charge < -0.3 is 4.90 Å². The lowest BCUT2D eigenvalue weighted by molar-refractivity contribution is -0.0258. The molecule has 0 saturated heterocycles. The molecule has 1 amide bonds. The predicted octanol–water partition coefficient (Wildman–Crippen LogP) is 3.11. The number of hydroxylamine groups is 1. The number of amides is 1. The van der Waals surface area contributed by atoms with Crippen LogP contribution in [0.15, 0.2) is 47.4 Å². The number of sulfonamides is 1. The van der Waals surface area contributed by atoms with E-state index in [1.807, 2.05) is 25.1 Å². The van der Waals surface area contributed by atoms with Gasteiger partial charge in [0.15, 0.2) is 0 Å². The number of hydrogen-bond acceptors (Lipinski definition) is 4. The van der Waals surface area contributed by atoms with E-state index < -0.39 is 10.0 Å². The van der Waals surface area contributed by atoms with Gasteiger partial charge in [-0.25, -0.2) is 8.42 Å². The van der Waals surface area contributed by atoms with Gasteiger partial charge in [0.1, 0.15) is 4.90 Å². The van der Waals surface area contributed by atoms with Gasteiger partial charge in [-0.1, -0.05) is 28.2 Å². The minimum Gasteiger partial charge on any atom is -0.311 e. The lowest BCUT2D eigenvalue weighted by Gasteiger charge is -2.19. The van der Waals surface area contributed by atoms with Gasteiger partial charge >= 0.3 is 0 Å². The number of rotatable bonds is 5. The minimum absolute atomic E-state index is 0.0126. The Labute approximate surface area is 152 Å². The molecule has 0 unspecified atom stereocenters. The van der Waals surface area contributed by atoms with E-state index in [9.17, 15) is 13.2 Å². The predicted molar refractivity (Wildman–Crippen MR) is 97.3 cm³/mol. The summed E-state index contributed by atoms with van der Waals surface area (Å²) < 4.78 is 25.6. The molecule has 0 fully saturated rings. The number of anilines is 1. The Kier molecular flexibility index (Phi) is 5.84. The summed E-state index contributed by atoms with van der Waals surface area (Å²) in [5, 5.41) is 0.0126. The summed E-state index contributed by atoms with van der Waals surface area (Å²) in [7, 11) is 0.139. The summed E-state index contributed by atoms with van der Waals surface area (Å²) in [5.41, 5.74) is 1.92. The zero-order valence-corrected chi connectivity index (χ0v) is 15.9. The van der Waals surface area contributed by atoms with Gasteiger partial charge in [0.05, 0.1) is 12.1 Å². The summed E-state index contributed by atoms with van der Waals surface area (Å²) in [6.07, 6.45) is 0. The van der Waals surface area contributed by atoms with Crippen molar-refractivity contribution < 1.29 is 18.0 Å². The normalized spacial score (nSPS) is 11.6. The van der Waals surface area contributed by atoms with E-state index in [0.29, 0.717) is 10.2 Å². The van der Waals surface area contributed by atoms with Crippen molar-refractivity contribution in [2.45, 2.75) is 11.8 Å². The second-order valence-corrected chi connectivity index (χ2v) is 7.76. The summed E-state index contributed by atoms with van der Waals surface area (Å²) in [6, 6.07) is 11.6. The van der Waals surface area contributed by atoms with Crippen LogP contribution in [0.25, 0.3) is 0 Å². The average molecular weight is 383 g/mol. The van der Waals surface area contributed by atoms with Gasteiger partial charge in [0.2, 0.25) is 0 Å². The van der Waals surface area contributed by atoms with Crippen LogP contribution in [0, 0.1) is 6.92 Å². The summed E-state index contributed by atoms with van der Waals surface area (Å²) in [4.78, 5) is 18.7. The smallest absolute Gasteiger partial charge is 0.266 e. The SMILES string of the molecule is CON(C)S(=O)(=O)c1cc(C(=O)N(C)c2cccc(C)c2)ccc1Cl. The molecular formula is C17H19ClN2O4S. The van der Waals surface area contributed by atoms with Crippen LogP contribution in [0.5, 0.6) is 0 Å². The van der Waals surface area contributed by atoms with Crippen LogP contribution in [0.2, 0.25) is 5.02 Å².